The normalized spacial score (nSPS) is 10.7. The van der Waals surface area contributed by atoms with Crippen molar-refractivity contribution >= 4 is 22.5 Å². The summed E-state index contributed by atoms with van der Waals surface area (Å²) in [6.07, 6.45) is 0. The van der Waals surface area contributed by atoms with Gasteiger partial charge in [0.1, 0.15) is 17.2 Å². The maximum Gasteiger partial charge on any atom is 0.272 e. The third kappa shape index (κ3) is 3.85. The van der Waals surface area contributed by atoms with E-state index in [0.717, 1.165) is 39.2 Å². The molecule has 0 atom stereocenters. The van der Waals surface area contributed by atoms with Crippen LogP contribution in [0, 0.1) is 13.8 Å². The Morgan fingerprint density at radius 1 is 0.852 bits per heavy atom. The number of aromatic nitrogens is 1. The maximum atomic E-state index is 12.5. The Kier molecular flexibility index (Phi) is 4.38. The number of hydrogen-bond acceptors (Lipinski definition) is 2. The van der Waals surface area contributed by atoms with Crippen LogP contribution in [0.5, 0.6) is 11.5 Å². The molecule has 0 spiro atoms. The number of rotatable bonds is 4. The Labute approximate surface area is 157 Å². The Bertz CT molecular complexity index is 1110. The van der Waals surface area contributed by atoms with Gasteiger partial charge in [-0.2, -0.15) is 0 Å². The van der Waals surface area contributed by atoms with E-state index in [1.165, 1.54) is 0 Å². The van der Waals surface area contributed by atoms with Gasteiger partial charge in [-0.25, -0.2) is 0 Å². The van der Waals surface area contributed by atoms with Crippen molar-refractivity contribution < 1.29 is 9.53 Å². The van der Waals surface area contributed by atoms with Crippen molar-refractivity contribution in [2.75, 3.05) is 5.32 Å². The molecular weight excluding hydrogens is 336 g/mol. The third-order valence-corrected chi connectivity index (χ3v) is 4.37. The Morgan fingerprint density at radius 2 is 1.63 bits per heavy atom. The molecule has 4 rings (SSSR count). The predicted octanol–water partition coefficient (Wildman–Crippen LogP) is 5.83. The first-order valence-corrected chi connectivity index (χ1v) is 8.82. The number of hydrogen-bond donors (Lipinski definition) is 2. The van der Waals surface area contributed by atoms with E-state index in [1.807, 2.05) is 86.6 Å². The first kappa shape index (κ1) is 16.9. The largest absolute Gasteiger partial charge is 0.457 e. The number of carbonyl (C=O) groups is 1. The third-order valence-electron chi connectivity index (χ3n) is 4.37. The molecule has 0 bridgehead atoms. The Balaban J connectivity index is 1.55. The monoisotopic (exact) mass is 356 g/mol. The van der Waals surface area contributed by atoms with Crippen LogP contribution in [0.25, 0.3) is 10.9 Å². The van der Waals surface area contributed by atoms with Gasteiger partial charge in [-0.05, 0) is 67.9 Å². The molecule has 4 heteroatoms. The van der Waals surface area contributed by atoms with Crippen LogP contribution >= 0.6 is 0 Å². The van der Waals surface area contributed by atoms with Crippen molar-refractivity contribution in [3.05, 3.63) is 89.6 Å². The van der Waals surface area contributed by atoms with Gasteiger partial charge in [0, 0.05) is 16.6 Å². The second-order valence-corrected chi connectivity index (χ2v) is 6.67. The number of ether oxygens (including phenoxy) is 1. The van der Waals surface area contributed by atoms with Gasteiger partial charge in [-0.3, -0.25) is 4.79 Å². The molecule has 134 valence electrons. The second kappa shape index (κ2) is 7.00. The van der Waals surface area contributed by atoms with Crippen LogP contribution in [0.2, 0.25) is 0 Å². The maximum absolute atomic E-state index is 12.5. The minimum Gasteiger partial charge on any atom is -0.457 e. The molecule has 0 unspecified atom stereocenters. The van der Waals surface area contributed by atoms with Crippen LogP contribution in [-0.2, 0) is 0 Å². The van der Waals surface area contributed by atoms with Crippen molar-refractivity contribution in [2.45, 2.75) is 13.8 Å². The molecule has 2 N–H and O–H groups in total. The second-order valence-electron chi connectivity index (χ2n) is 6.67. The summed E-state index contributed by atoms with van der Waals surface area (Å²) in [5.74, 6) is 1.36. The Morgan fingerprint density at radius 3 is 2.41 bits per heavy atom. The van der Waals surface area contributed by atoms with Crippen LogP contribution in [0.3, 0.4) is 0 Å². The lowest BCUT2D eigenvalue weighted by Gasteiger charge is -2.06. The van der Waals surface area contributed by atoms with Gasteiger partial charge >= 0.3 is 0 Å². The first-order chi connectivity index (χ1) is 13.1. The molecule has 0 aliphatic carbocycles. The summed E-state index contributed by atoms with van der Waals surface area (Å²) in [5.41, 5.74) is 4.47. The summed E-state index contributed by atoms with van der Waals surface area (Å²) in [5, 5.41) is 3.83. The highest BCUT2D eigenvalue weighted by atomic mass is 16.5. The highest BCUT2D eigenvalue weighted by Crippen LogP contribution is 2.27. The average Bonchev–Trinajstić information content (AvgIpc) is 3.07. The van der Waals surface area contributed by atoms with Crippen LogP contribution in [0.15, 0.2) is 72.8 Å². The number of carbonyl (C=O) groups excluding carboxylic acids is 1. The molecule has 0 fully saturated rings. The lowest BCUT2D eigenvalue weighted by Crippen LogP contribution is -2.12. The molecule has 0 saturated heterocycles. The Hall–Kier alpha value is -3.53. The van der Waals surface area contributed by atoms with E-state index in [-0.39, 0.29) is 5.91 Å². The summed E-state index contributed by atoms with van der Waals surface area (Å²) in [7, 11) is 0. The van der Waals surface area contributed by atoms with Gasteiger partial charge in [0.2, 0.25) is 0 Å². The lowest BCUT2D eigenvalue weighted by molar-refractivity contribution is 0.102. The van der Waals surface area contributed by atoms with E-state index >= 15 is 0 Å². The minimum absolute atomic E-state index is 0.170. The van der Waals surface area contributed by atoms with Crippen molar-refractivity contribution in [1.82, 2.24) is 4.98 Å². The fourth-order valence-corrected chi connectivity index (χ4v) is 2.95. The summed E-state index contributed by atoms with van der Waals surface area (Å²) < 4.78 is 5.93. The van der Waals surface area contributed by atoms with Crippen molar-refractivity contribution in [3.63, 3.8) is 0 Å². The van der Waals surface area contributed by atoms with E-state index in [0.29, 0.717) is 5.69 Å². The highest BCUT2D eigenvalue weighted by Gasteiger charge is 2.11. The molecule has 4 nitrogen and oxygen atoms in total. The van der Waals surface area contributed by atoms with E-state index in [4.69, 9.17) is 4.74 Å². The molecule has 27 heavy (non-hydrogen) atoms. The van der Waals surface area contributed by atoms with E-state index in [2.05, 4.69) is 10.3 Å². The lowest BCUT2D eigenvalue weighted by atomic mass is 10.2. The van der Waals surface area contributed by atoms with Gasteiger partial charge < -0.3 is 15.0 Å². The van der Waals surface area contributed by atoms with E-state index in [1.54, 1.807) is 0 Å². The minimum atomic E-state index is -0.170. The fourth-order valence-electron chi connectivity index (χ4n) is 2.95. The zero-order chi connectivity index (χ0) is 18.8. The van der Waals surface area contributed by atoms with E-state index < -0.39 is 0 Å². The molecule has 1 aromatic heterocycles. The predicted molar refractivity (Wildman–Crippen MR) is 109 cm³/mol. The molecule has 1 amide bonds. The number of nitrogens with one attached hydrogen (secondary N) is 2. The van der Waals surface area contributed by atoms with Gasteiger partial charge in [0.05, 0.1) is 0 Å². The van der Waals surface area contributed by atoms with E-state index in [9.17, 15) is 4.79 Å². The first-order valence-electron chi connectivity index (χ1n) is 8.82. The standard InChI is InChI=1S/C23H20N2O2/c1-15-6-8-18(9-7-15)24-23(26)22-14-17-13-20(10-11-21(17)25-22)27-19-5-3-4-16(2)12-19/h3-14,25H,1-2H3,(H,24,26). The molecule has 0 aliphatic rings. The topological polar surface area (TPSA) is 54.1 Å². The fraction of sp³-hybridized carbons (Fsp3) is 0.0870. The molecule has 0 aliphatic heterocycles. The van der Waals surface area contributed by atoms with Crippen molar-refractivity contribution in [1.29, 1.82) is 0 Å². The molecule has 4 aromatic rings. The van der Waals surface area contributed by atoms with Gasteiger partial charge in [0.15, 0.2) is 0 Å². The van der Waals surface area contributed by atoms with Gasteiger partial charge in [-0.15, -0.1) is 0 Å². The molecule has 0 saturated carbocycles. The summed E-state index contributed by atoms with van der Waals surface area (Å²) in [4.78, 5) is 15.7. The average molecular weight is 356 g/mol. The van der Waals surface area contributed by atoms with Gasteiger partial charge in [0.25, 0.3) is 5.91 Å². The summed E-state index contributed by atoms with van der Waals surface area (Å²) >= 11 is 0. The van der Waals surface area contributed by atoms with Crippen molar-refractivity contribution in [2.24, 2.45) is 0 Å². The number of amides is 1. The van der Waals surface area contributed by atoms with Crippen LogP contribution in [0.4, 0.5) is 5.69 Å². The molecule has 1 heterocycles. The number of aryl methyl sites for hydroxylation is 2. The van der Waals surface area contributed by atoms with Gasteiger partial charge in [-0.1, -0.05) is 29.8 Å². The zero-order valence-corrected chi connectivity index (χ0v) is 15.2. The van der Waals surface area contributed by atoms with Crippen LogP contribution in [-0.4, -0.2) is 10.9 Å². The number of H-pyrrole nitrogens is 1. The summed E-state index contributed by atoms with van der Waals surface area (Å²) in [6, 6.07) is 23.2. The molecular formula is C23H20N2O2. The molecule has 0 radical (unpaired) electrons. The summed E-state index contributed by atoms with van der Waals surface area (Å²) in [6.45, 7) is 4.04. The highest BCUT2D eigenvalue weighted by molar-refractivity contribution is 6.06. The SMILES string of the molecule is Cc1ccc(NC(=O)c2cc3cc(Oc4cccc(C)c4)ccc3[nH]2)cc1. The quantitative estimate of drug-likeness (QED) is 0.483. The number of aromatic amines is 1. The molecule has 3 aromatic carbocycles. The van der Waals surface area contributed by atoms with Crippen LogP contribution < -0.4 is 10.1 Å². The van der Waals surface area contributed by atoms with Crippen molar-refractivity contribution in [3.8, 4) is 11.5 Å². The zero-order valence-electron chi connectivity index (χ0n) is 15.2. The smallest absolute Gasteiger partial charge is 0.272 e. The number of benzene rings is 3. The number of anilines is 1. The number of fused-ring (bicyclic) bond motifs is 1. The van der Waals surface area contributed by atoms with Crippen LogP contribution in [0.1, 0.15) is 21.6 Å².